The van der Waals surface area contributed by atoms with Gasteiger partial charge in [-0.25, -0.2) is 4.79 Å². The summed E-state index contributed by atoms with van der Waals surface area (Å²) in [6, 6.07) is 10.5. The smallest absolute Gasteiger partial charge is 0.338 e. The quantitative estimate of drug-likeness (QED) is 0.743. The van der Waals surface area contributed by atoms with Crippen LogP contribution in [0.1, 0.15) is 40.0 Å². The van der Waals surface area contributed by atoms with Crippen molar-refractivity contribution in [3.05, 3.63) is 68.7 Å². The molecular formula is C19H17Cl2NO3. The minimum Gasteiger partial charge on any atom is -0.465 e. The lowest BCUT2D eigenvalue weighted by molar-refractivity contribution is -0.132. The van der Waals surface area contributed by atoms with Crippen LogP contribution in [0.15, 0.2) is 36.4 Å². The maximum atomic E-state index is 12.8. The maximum Gasteiger partial charge on any atom is 0.338 e. The molecule has 0 radical (unpaired) electrons. The zero-order valence-corrected chi connectivity index (χ0v) is 15.4. The topological polar surface area (TPSA) is 46.6 Å². The first-order chi connectivity index (χ1) is 11.9. The van der Waals surface area contributed by atoms with E-state index in [2.05, 4.69) is 0 Å². The van der Waals surface area contributed by atoms with E-state index in [0.29, 0.717) is 27.7 Å². The van der Waals surface area contributed by atoms with Gasteiger partial charge in [-0.3, -0.25) is 4.79 Å². The Morgan fingerprint density at radius 3 is 2.44 bits per heavy atom. The van der Waals surface area contributed by atoms with E-state index < -0.39 is 5.97 Å². The summed E-state index contributed by atoms with van der Waals surface area (Å²) in [5, 5.41) is 0.945. The first-order valence-corrected chi connectivity index (χ1v) is 8.62. The van der Waals surface area contributed by atoms with Crippen LogP contribution in [0, 0.1) is 0 Å². The second-order valence-electron chi connectivity index (χ2n) is 5.94. The van der Waals surface area contributed by atoms with E-state index in [-0.39, 0.29) is 18.4 Å². The summed E-state index contributed by atoms with van der Waals surface area (Å²) in [5.41, 5.74) is 2.91. The first-order valence-electron chi connectivity index (χ1n) is 7.86. The first kappa shape index (κ1) is 17.8. The molecule has 1 unspecified atom stereocenters. The number of carbonyl (C=O) groups excluding carboxylic acids is 2. The van der Waals surface area contributed by atoms with Crippen LogP contribution in [-0.2, 0) is 22.5 Å². The van der Waals surface area contributed by atoms with Gasteiger partial charge in [0.1, 0.15) is 0 Å². The second-order valence-corrected chi connectivity index (χ2v) is 6.75. The number of hydrogen-bond donors (Lipinski definition) is 0. The van der Waals surface area contributed by atoms with E-state index in [9.17, 15) is 9.59 Å². The van der Waals surface area contributed by atoms with E-state index in [4.69, 9.17) is 27.9 Å². The molecule has 1 atom stereocenters. The van der Waals surface area contributed by atoms with Crippen LogP contribution in [0.5, 0.6) is 0 Å². The highest BCUT2D eigenvalue weighted by molar-refractivity contribution is 6.36. The van der Waals surface area contributed by atoms with Crippen molar-refractivity contribution in [1.82, 2.24) is 4.90 Å². The molecule has 0 aromatic heterocycles. The number of benzene rings is 2. The normalized spacial score (nSPS) is 15.8. The average Bonchev–Trinajstić information content (AvgIpc) is 2.94. The fourth-order valence-electron chi connectivity index (χ4n) is 3.21. The Kier molecular flexibility index (Phi) is 5.02. The van der Waals surface area contributed by atoms with Gasteiger partial charge in [0.05, 0.1) is 25.1 Å². The fourth-order valence-corrected chi connectivity index (χ4v) is 3.74. The summed E-state index contributed by atoms with van der Waals surface area (Å²) in [6.45, 7) is 2.31. The Hall–Kier alpha value is -2.04. The van der Waals surface area contributed by atoms with Crippen LogP contribution in [0.2, 0.25) is 10.0 Å². The highest BCUT2D eigenvalue weighted by Gasteiger charge is 2.33. The highest BCUT2D eigenvalue weighted by Crippen LogP contribution is 2.36. The summed E-state index contributed by atoms with van der Waals surface area (Å²) in [5.74, 6) is -0.484. The van der Waals surface area contributed by atoms with Gasteiger partial charge in [-0.1, -0.05) is 41.4 Å². The zero-order valence-electron chi connectivity index (χ0n) is 13.9. The third-order valence-electron chi connectivity index (χ3n) is 4.57. The lowest BCUT2D eigenvalue weighted by Crippen LogP contribution is -2.29. The molecule has 0 bridgehead atoms. The van der Waals surface area contributed by atoms with Gasteiger partial charge in [0.2, 0.25) is 5.91 Å². The predicted octanol–water partition coefficient (Wildman–Crippen LogP) is 4.43. The number of halogens is 2. The van der Waals surface area contributed by atoms with Crippen molar-refractivity contribution in [2.45, 2.75) is 25.9 Å². The Balaban J connectivity index is 1.88. The number of methoxy groups -OCH3 is 1. The lowest BCUT2D eigenvalue weighted by atomic mass is 10.0. The third kappa shape index (κ3) is 3.24. The third-order valence-corrected chi connectivity index (χ3v) is 5.28. The molecule has 0 N–H and O–H groups in total. The van der Waals surface area contributed by atoms with E-state index in [0.717, 1.165) is 11.1 Å². The molecule has 6 heteroatoms. The Morgan fingerprint density at radius 1 is 1.16 bits per heavy atom. The van der Waals surface area contributed by atoms with Gasteiger partial charge in [0.25, 0.3) is 0 Å². The van der Waals surface area contributed by atoms with Gasteiger partial charge in [0.15, 0.2) is 0 Å². The molecule has 1 aliphatic rings. The number of hydrogen-bond acceptors (Lipinski definition) is 3. The molecule has 3 rings (SSSR count). The van der Waals surface area contributed by atoms with Crippen LogP contribution >= 0.6 is 23.2 Å². The number of amides is 1. The van der Waals surface area contributed by atoms with Crippen LogP contribution < -0.4 is 0 Å². The molecular weight excluding hydrogens is 361 g/mol. The lowest BCUT2D eigenvalue weighted by Gasteiger charge is -2.22. The van der Waals surface area contributed by atoms with Crippen molar-refractivity contribution < 1.29 is 14.3 Å². The van der Waals surface area contributed by atoms with Gasteiger partial charge < -0.3 is 9.64 Å². The summed E-state index contributed by atoms with van der Waals surface area (Å²) >= 11 is 12.4. The summed E-state index contributed by atoms with van der Waals surface area (Å²) in [4.78, 5) is 26.6. The standard InChI is InChI=1S/C19H17Cl2NO3/c1-11-12-5-3-6-13(19(24)25-2)15(12)10-22(11)18(23)9-14-16(20)7-4-8-17(14)21/h3-8,11H,9-10H2,1-2H3. The molecule has 0 fully saturated rings. The number of rotatable bonds is 3. The summed E-state index contributed by atoms with van der Waals surface area (Å²) in [6.07, 6.45) is 0.115. The van der Waals surface area contributed by atoms with Crippen LogP contribution in [-0.4, -0.2) is 23.9 Å². The van der Waals surface area contributed by atoms with E-state index in [1.807, 2.05) is 13.0 Å². The number of carbonyl (C=O) groups is 2. The monoisotopic (exact) mass is 377 g/mol. The molecule has 1 heterocycles. The van der Waals surface area contributed by atoms with Crippen LogP contribution in [0.4, 0.5) is 0 Å². The van der Waals surface area contributed by atoms with Gasteiger partial charge in [-0.15, -0.1) is 0 Å². The fraction of sp³-hybridized carbons (Fsp3) is 0.263. The largest absolute Gasteiger partial charge is 0.465 e. The summed E-state index contributed by atoms with van der Waals surface area (Å²) in [7, 11) is 1.35. The Morgan fingerprint density at radius 2 is 1.80 bits per heavy atom. The maximum absolute atomic E-state index is 12.8. The van der Waals surface area contributed by atoms with E-state index >= 15 is 0 Å². The molecule has 130 valence electrons. The van der Waals surface area contributed by atoms with Crippen molar-refractivity contribution >= 4 is 35.1 Å². The van der Waals surface area contributed by atoms with Crippen molar-refractivity contribution in [2.24, 2.45) is 0 Å². The molecule has 0 aliphatic carbocycles. The van der Waals surface area contributed by atoms with Crippen molar-refractivity contribution in [2.75, 3.05) is 7.11 Å². The number of nitrogens with zero attached hydrogens (tertiary/aromatic N) is 1. The highest BCUT2D eigenvalue weighted by atomic mass is 35.5. The minimum absolute atomic E-state index is 0.0884. The molecule has 25 heavy (non-hydrogen) atoms. The Labute approximate surface area is 156 Å². The molecule has 0 saturated heterocycles. The Bertz CT molecular complexity index is 830. The second kappa shape index (κ2) is 7.06. The van der Waals surface area contributed by atoms with Gasteiger partial charge in [-0.05, 0) is 41.8 Å². The van der Waals surface area contributed by atoms with Gasteiger partial charge >= 0.3 is 5.97 Å². The van der Waals surface area contributed by atoms with Crippen molar-refractivity contribution in [3.8, 4) is 0 Å². The average molecular weight is 378 g/mol. The van der Waals surface area contributed by atoms with Crippen molar-refractivity contribution in [3.63, 3.8) is 0 Å². The van der Waals surface area contributed by atoms with Crippen molar-refractivity contribution in [1.29, 1.82) is 0 Å². The molecule has 4 nitrogen and oxygen atoms in total. The molecule has 1 aliphatic heterocycles. The molecule has 2 aromatic carbocycles. The molecule has 1 amide bonds. The predicted molar refractivity (Wildman–Crippen MR) is 96.9 cm³/mol. The SMILES string of the molecule is COC(=O)c1cccc2c1CN(C(=O)Cc1c(Cl)cccc1Cl)C2C. The van der Waals surface area contributed by atoms with Crippen LogP contribution in [0.3, 0.4) is 0 Å². The zero-order chi connectivity index (χ0) is 18.1. The van der Waals surface area contributed by atoms with E-state index in [1.165, 1.54) is 7.11 Å². The van der Waals surface area contributed by atoms with Crippen LogP contribution in [0.25, 0.3) is 0 Å². The number of fused-ring (bicyclic) bond motifs is 1. The molecule has 0 saturated carbocycles. The van der Waals surface area contributed by atoms with Gasteiger partial charge in [0, 0.05) is 16.6 Å². The van der Waals surface area contributed by atoms with E-state index in [1.54, 1.807) is 35.2 Å². The minimum atomic E-state index is -0.396. The number of esters is 1. The molecule has 2 aromatic rings. The number of ether oxygens (including phenoxy) is 1. The summed E-state index contributed by atoms with van der Waals surface area (Å²) < 4.78 is 4.84. The molecule has 0 spiro atoms. The van der Waals surface area contributed by atoms with Gasteiger partial charge in [-0.2, -0.15) is 0 Å².